The fraction of sp³-hybridized carbons (Fsp3) is 0.0625. The molecule has 0 bridgehead atoms. The lowest BCUT2D eigenvalue weighted by Crippen LogP contribution is -2.29. The van der Waals surface area contributed by atoms with E-state index in [0.29, 0.717) is 0 Å². The number of rotatable bonds is 1. The Morgan fingerprint density at radius 3 is 2.50 bits per heavy atom. The zero-order valence-corrected chi connectivity index (χ0v) is 9.89. The molecule has 0 aliphatic carbocycles. The van der Waals surface area contributed by atoms with Crippen LogP contribution in [0.3, 0.4) is 0 Å². The molecule has 2 aromatic rings. The summed E-state index contributed by atoms with van der Waals surface area (Å²) in [4.78, 5) is 11.9. The number of benzene rings is 2. The summed E-state index contributed by atoms with van der Waals surface area (Å²) in [7, 11) is 0. The van der Waals surface area contributed by atoms with Gasteiger partial charge in [-0.3, -0.25) is 4.79 Å². The van der Waals surface area contributed by atoms with Crippen molar-refractivity contribution in [2.24, 2.45) is 0 Å². The highest BCUT2D eigenvalue weighted by Gasteiger charge is 2.18. The minimum Gasteiger partial charge on any atom is -0.325 e. The molecule has 3 rings (SSSR count). The molecule has 0 saturated heterocycles. The van der Waals surface area contributed by atoms with Crippen molar-refractivity contribution in [3.8, 4) is 0 Å². The van der Waals surface area contributed by atoms with Gasteiger partial charge in [-0.05, 0) is 23.3 Å². The van der Waals surface area contributed by atoms with Crippen molar-refractivity contribution in [3.63, 3.8) is 0 Å². The molecule has 0 atom stereocenters. The van der Waals surface area contributed by atoms with Gasteiger partial charge in [0.05, 0.1) is 0 Å². The van der Waals surface area contributed by atoms with Crippen LogP contribution in [-0.2, 0) is 6.42 Å². The molecule has 1 heterocycles. The van der Waals surface area contributed by atoms with E-state index in [2.05, 4.69) is 5.32 Å². The van der Waals surface area contributed by atoms with E-state index >= 15 is 0 Å². The van der Waals surface area contributed by atoms with Crippen molar-refractivity contribution in [3.05, 3.63) is 77.0 Å². The number of nitrogens with one attached hydrogen (secondary N) is 1. The van der Waals surface area contributed by atoms with Crippen molar-refractivity contribution in [1.29, 1.82) is 0 Å². The van der Waals surface area contributed by atoms with Gasteiger partial charge in [0.1, 0.15) is 0 Å². The summed E-state index contributed by atoms with van der Waals surface area (Å²) in [6, 6.07) is 17.8. The van der Waals surface area contributed by atoms with Gasteiger partial charge in [-0.1, -0.05) is 48.5 Å². The quantitative estimate of drug-likeness (QED) is 0.808. The number of hydrogen-bond acceptors (Lipinski definition) is 1. The highest BCUT2D eigenvalue weighted by molar-refractivity contribution is 5.98. The molecular formula is C16H13NO. The van der Waals surface area contributed by atoms with Crippen molar-refractivity contribution >= 4 is 12.0 Å². The Labute approximate surface area is 106 Å². The van der Waals surface area contributed by atoms with E-state index in [-0.39, 0.29) is 5.91 Å². The summed E-state index contributed by atoms with van der Waals surface area (Å²) < 4.78 is 0. The Bertz CT molecular complexity index is 614. The summed E-state index contributed by atoms with van der Waals surface area (Å²) in [5, 5.41) is 2.94. The standard InChI is InChI=1S/C16H13NO/c18-16-15-9-5-4-8-13(15)11-14(17-16)10-12-6-2-1-3-7-12/h1-10H,11H2,(H,17,18). The Morgan fingerprint density at radius 2 is 1.67 bits per heavy atom. The summed E-state index contributed by atoms with van der Waals surface area (Å²) in [6.45, 7) is 0. The Balaban J connectivity index is 1.95. The third kappa shape index (κ3) is 2.05. The van der Waals surface area contributed by atoms with Gasteiger partial charge in [0, 0.05) is 17.7 Å². The van der Waals surface area contributed by atoms with Crippen molar-refractivity contribution < 1.29 is 4.79 Å². The number of carbonyl (C=O) groups is 1. The van der Waals surface area contributed by atoms with Crippen molar-refractivity contribution in [2.75, 3.05) is 0 Å². The van der Waals surface area contributed by atoms with Crippen molar-refractivity contribution in [1.82, 2.24) is 5.32 Å². The molecule has 2 heteroatoms. The van der Waals surface area contributed by atoms with E-state index in [1.807, 2.05) is 60.7 Å². The SMILES string of the molecule is O=C1NC(=Cc2ccccc2)Cc2ccccc21. The Hall–Kier alpha value is -2.35. The Kier molecular flexibility index (Phi) is 2.69. The zero-order valence-electron chi connectivity index (χ0n) is 9.89. The molecule has 1 aliphatic heterocycles. The van der Waals surface area contributed by atoms with Gasteiger partial charge in [-0.2, -0.15) is 0 Å². The first-order valence-corrected chi connectivity index (χ1v) is 5.98. The van der Waals surface area contributed by atoms with Gasteiger partial charge < -0.3 is 5.32 Å². The van der Waals surface area contributed by atoms with Crippen LogP contribution >= 0.6 is 0 Å². The first-order chi connectivity index (χ1) is 8.83. The summed E-state index contributed by atoms with van der Waals surface area (Å²) >= 11 is 0. The highest BCUT2D eigenvalue weighted by atomic mass is 16.1. The molecule has 1 aliphatic rings. The molecular weight excluding hydrogens is 222 g/mol. The van der Waals surface area contributed by atoms with E-state index in [9.17, 15) is 4.79 Å². The maximum atomic E-state index is 11.9. The lowest BCUT2D eigenvalue weighted by atomic mass is 9.97. The minimum absolute atomic E-state index is 0.0148. The monoisotopic (exact) mass is 235 g/mol. The largest absolute Gasteiger partial charge is 0.325 e. The number of allylic oxidation sites excluding steroid dienone is 1. The molecule has 0 saturated carbocycles. The number of fused-ring (bicyclic) bond motifs is 1. The topological polar surface area (TPSA) is 29.1 Å². The highest BCUT2D eigenvalue weighted by Crippen LogP contribution is 2.19. The fourth-order valence-electron chi connectivity index (χ4n) is 2.20. The molecule has 1 N–H and O–H groups in total. The second-order valence-corrected chi connectivity index (χ2v) is 4.37. The fourth-order valence-corrected chi connectivity index (χ4v) is 2.20. The van der Waals surface area contributed by atoms with Gasteiger partial charge in [-0.25, -0.2) is 0 Å². The van der Waals surface area contributed by atoms with E-state index in [4.69, 9.17) is 0 Å². The van der Waals surface area contributed by atoms with Crippen LogP contribution in [0.4, 0.5) is 0 Å². The summed E-state index contributed by atoms with van der Waals surface area (Å²) in [6.07, 6.45) is 2.80. The van der Waals surface area contributed by atoms with Gasteiger partial charge >= 0.3 is 0 Å². The maximum Gasteiger partial charge on any atom is 0.255 e. The van der Waals surface area contributed by atoms with Gasteiger partial charge in [0.25, 0.3) is 5.91 Å². The third-order valence-corrected chi connectivity index (χ3v) is 3.06. The number of hydrogen-bond donors (Lipinski definition) is 1. The molecule has 2 nitrogen and oxygen atoms in total. The predicted octanol–water partition coefficient (Wildman–Crippen LogP) is 3.01. The van der Waals surface area contributed by atoms with Gasteiger partial charge in [-0.15, -0.1) is 0 Å². The van der Waals surface area contributed by atoms with Crippen LogP contribution in [-0.4, -0.2) is 5.91 Å². The third-order valence-electron chi connectivity index (χ3n) is 3.06. The van der Waals surface area contributed by atoms with Crippen LogP contribution in [0.15, 0.2) is 60.3 Å². The van der Waals surface area contributed by atoms with Crippen LogP contribution in [0.5, 0.6) is 0 Å². The van der Waals surface area contributed by atoms with Crippen molar-refractivity contribution in [2.45, 2.75) is 6.42 Å². The van der Waals surface area contributed by atoms with Crippen LogP contribution in [0.25, 0.3) is 6.08 Å². The molecule has 2 aromatic carbocycles. The second kappa shape index (κ2) is 4.49. The smallest absolute Gasteiger partial charge is 0.255 e. The van der Waals surface area contributed by atoms with E-state index in [0.717, 1.165) is 28.8 Å². The number of carbonyl (C=O) groups excluding carboxylic acids is 1. The van der Waals surface area contributed by atoms with Gasteiger partial charge in [0.2, 0.25) is 0 Å². The summed E-state index contributed by atoms with van der Waals surface area (Å²) in [5.74, 6) is -0.0148. The molecule has 0 fully saturated rings. The molecule has 18 heavy (non-hydrogen) atoms. The molecule has 88 valence electrons. The first kappa shape index (κ1) is 10.8. The number of amides is 1. The van der Waals surface area contributed by atoms with E-state index in [1.54, 1.807) is 0 Å². The summed E-state index contributed by atoms with van der Waals surface area (Å²) in [5.41, 5.74) is 3.92. The molecule has 0 spiro atoms. The van der Waals surface area contributed by atoms with Gasteiger partial charge in [0.15, 0.2) is 0 Å². The average molecular weight is 235 g/mol. The van der Waals surface area contributed by atoms with Crippen LogP contribution < -0.4 is 5.32 Å². The molecule has 0 unspecified atom stereocenters. The Morgan fingerprint density at radius 1 is 0.944 bits per heavy atom. The second-order valence-electron chi connectivity index (χ2n) is 4.37. The lowest BCUT2D eigenvalue weighted by Gasteiger charge is -2.19. The average Bonchev–Trinajstić information content (AvgIpc) is 2.40. The maximum absolute atomic E-state index is 11.9. The minimum atomic E-state index is -0.0148. The molecule has 1 amide bonds. The van der Waals surface area contributed by atoms with Crippen LogP contribution in [0.2, 0.25) is 0 Å². The lowest BCUT2D eigenvalue weighted by molar-refractivity contribution is 0.0959. The first-order valence-electron chi connectivity index (χ1n) is 5.98. The van der Waals surface area contributed by atoms with E-state index in [1.165, 1.54) is 0 Å². The normalized spacial score (nSPS) is 16.2. The van der Waals surface area contributed by atoms with Crippen LogP contribution in [0.1, 0.15) is 21.5 Å². The van der Waals surface area contributed by atoms with E-state index < -0.39 is 0 Å². The predicted molar refractivity (Wildman–Crippen MR) is 72.0 cm³/mol. The van der Waals surface area contributed by atoms with Crippen LogP contribution in [0, 0.1) is 0 Å². The molecule has 0 aromatic heterocycles. The molecule has 0 radical (unpaired) electrons. The zero-order chi connectivity index (χ0) is 12.4.